The second-order valence-corrected chi connectivity index (χ2v) is 4.52. The maximum atomic E-state index is 3.80. The maximum Gasteiger partial charge on any atom is 0.0160 e. The molecule has 0 atom stereocenters. The van der Waals surface area contributed by atoms with E-state index >= 15 is 0 Å². The minimum atomic E-state index is 0.866. The van der Waals surface area contributed by atoms with Crippen LogP contribution in [0, 0.1) is 0 Å². The lowest BCUT2D eigenvalue weighted by atomic mass is 10.2. The highest BCUT2D eigenvalue weighted by atomic mass is 15.1. The Bertz CT molecular complexity index is 164. The van der Waals surface area contributed by atoms with E-state index in [1.54, 1.807) is 0 Å². The Balaban J connectivity index is 1.91. The Morgan fingerprint density at radius 3 is 2.73 bits per heavy atom. The molecule has 0 aliphatic heterocycles. The third kappa shape index (κ3) is 6.69. The van der Waals surface area contributed by atoms with Crippen LogP contribution in [0.5, 0.6) is 0 Å². The van der Waals surface area contributed by atoms with Crippen LogP contribution in [0.1, 0.15) is 39.0 Å². The van der Waals surface area contributed by atoms with E-state index in [-0.39, 0.29) is 0 Å². The van der Waals surface area contributed by atoms with Crippen LogP contribution in [0.3, 0.4) is 0 Å². The van der Waals surface area contributed by atoms with E-state index in [4.69, 9.17) is 0 Å². The number of hydrogen-bond donors (Lipinski definition) is 1. The average Bonchev–Trinajstić information content (AvgIpc) is 3.02. The highest BCUT2D eigenvalue weighted by Gasteiger charge is 2.19. The fourth-order valence-corrected chi connectivity index (χ4v) is 1.85. The number of nitrogens with one attached hydrogen (secondary N) is 1. The van der Waals surface area contributed by atoms with Crippen molar-refractivity contribution >= 4 is 0 Å². The number of nitrogens with zero attached hydrogens (tertiary/aromatic N) is 1. The van der Waals surface area contributed by atoms with Gasteiger partial charge in [0.15, 0.2) is 0 Å². The van der Waals surface area contributed by atoms with Crippen LogP contribution < -0.4 is 5.32 Å². The molecule has 0 aromatic heterocycles. The first kappa shape index (κ1) is 12.7. The number of hydrogen-bond acceptors (Lipinski definition) is 2. The fraction of sp³-hybridized carbons (Fsp3) is 0.846. The Morgan fingerprint density at radius 1 is 1.33 bits per heavy atom. The van der Waals surface area contributed by atoms with Crippen LogP contribution in [-0.4, -0.2) is 37.1 Å². The zero-order valence-electron chi connectivity index (χ0n) is 10.2. The highest BCUT2D eigenvalue weighted by Crippen LogP contribution is 2.18. The van der Waals surface area contributed by atoms with Gasteiger partial charge in [-0.25, -0.2) is 0 Å². The molecule has 88 valence electrons. The Labute approximate surface area is 94.7 Å². The van der Waals surface area contributed by atoms with Gasteiger partial charge in [0.05, 0.1) is 0 Å². The lowest BCUT2D eigenvalue weighted by molar-refractivity contribution is 0.295. The van der Waals surface area contributed by atoms with E-state index in [1.807, 2.05) is 6.08 Å². The molecule has 0 spiro atoms. The molecule has 1 N–H and O–H groups in total. The van der Waals surface area contributed by atoms with E-state index < -0.39 is 0 Å². The van der Waals surface area contributed by atoms with Gasteiger partial charge in [-0.05, 0) is 51.7 Å². The molecule has 1 fully saturated rings. The summed E-state index contributed by atoms with van der Waals surface area (Å²) in [6, 6.07) is 0.866. The molecular weight excluding hydrogens is 184 g/mol. The van der Waals surface area contributed by atoms with E-state index in [9.17, 15) is 0 Å². The molecule has 1 aliphatic carbocycles. The molecule has 0 bridgehead atoms. The van der Waals surface area contributed by atoms with Crippen LogP contribution in [0.4, 0.5) is 0 Å². The molecule has 0 heterocycles. The van der Waals surface area contributed by atoms with Gasteiger partial charge in [0.1, 0.15) is 0 Å². The van der Waals surface area contributed by atoms with Gasteiger partial charge in [0.25, 0.3) is 0 Å². The Kier molecular flexibility index (Phi) is 6.69. The van der Waals surface area contributed by atoms with Gasteiger partial charge in [-0.15, -0.1) is 6.58 Å². The third-order valence-corrected chi connectivity index (χ3v) is 2.84. The van der Waals surface area contributed by atoms with Crippen LogP contribution >= 0.6 is 0 Å². The highest BCUT2D eigenvalue weighted by molar-refractivity contribution is 4.80. The van der Waals surface area contributed by atoms with Crippen molar-refractivity contribution in [3.63, 3.8) is 0 Å². The third-order valence-electron chi connectivity index (χ3n) is 2.84. The zero-order valence-corrected chi connectivity index (χ0v) is 10.2. The van der Waals surface area contributed by atoms with Crippen molar-refractivity contribution in [2.24, 2.45) is 0 Å². The van der Waals surface area contributed by atoms with E-state index in [2.05, 4.69) is 23.7 Å². The number of rotatable bonds is 10. The van der Waals surface area contributed by atoms with Gasteiger partial charge in [0, 0.05) is 12.6 Å². The second-order valence-electron chi connectivity index (χ2n) is 4.52. The smallest absolute Gasteiger partial charge is 0.0160 e. The monoisotopic (exact) mass is 210 g/mol. The molecule has 0 aromatic carbocycles. The molecule has 0 radical (unpaired) electrons. The summed E-state index contributed by atoms with van der Waals surface area (Å²) in [7, 11) is 0. The first-order valence-corrected chi connectivity index (χ1v) is 6.43. The molecule has 0 saturated heterocycles. The normalized spacial score (nSPS) is 15.9. The van der Waals surface area contributed by atoms with Gasteiger partial charge >= 0.3 is 0 Å². The van der Waals surface area contributed by atoms with Crippen LogP contribution in [-0.2, 0) is 0 Å². The molecule has 0 aromatic rings. The SMILES string of the molecule is C=CCN(CCC)CCCCNC1CC1. The topological polar surface area (TPSA) is 15.3 Å². The van der Waals surface area contributed by atoms with Gasteiger partial charge in [0.2, 0.25) is 0 Å². The van der Waals surface area contributed by atoms with Crippen molar-refractivity contribution in [1.82, 2.24) is 10.2 Å². The van der Waals surface area contributed by atoms with E-state index in [0.717, 1.165) is 12.6 Å². The van der Waals surface area contributed by atoms with Crippen molar-refractivity contribution in [1.29, 1.82) is 0 Å². The first-order chi connectivity index (χ1) is 7.36. The molecule has 0 unspecified atom stereocenters. The molecule has 1 rings (SSSR count). The average molecular weight is 210 g/mol. The van der Waals surface area contributed by atoms with Gasteiger partial charge in [-0.3, -0.25) is 4.90 Å². The summed E-state index contributed by atoms with van der Waals surface area (Å²) >= 11 is 0. The quantitative estimate of drug-likeness (QED) is 0.440. The standard InChI is InChI=1S/C13H26N2/c1-3-10-15(11-4-2)12-6-5-9-14-13-7-8-13/h3,13-14H,1,4-12H2,2H3. The molecule has 15 heavy (non-hydrogen) atoms. The molecule has 0 amide bonds. The summed E-state index contributed by atoms with van der Waals surface area (Å²) in [5.41, 5.74) is 0. The summed E-state index contributed by atoms with van der Waals surface area (Å²) in [6.07, 6.45) is 8.69. The largest absolute Gasteiger partial charge is 0.314 e. The predicted molar refractivity (Wildman–Crippen MR) is 67.2 cm³/mol. The Morgan fingerprint density at radius 2 is 2.13 bits per heavy atom. The summed E-state index contributed by atoms with van der Waals surface area (Å²) in [4.78, 5) is 2.49. The van der Waals surface area contributed by atoms with Crippen LogP contribution in [0.15, 0.2) is 12.7 Å². The fourth-order valence-electron chi connectivity index (χ4n) is 1.85. The summed E-state index contributed by atoms with van der Waals surface area (Å²) < 4.78 is 0. The molecular formula is C13H26N2. The van der Waals surface area contributed by atoms with Crippen molar-refractivity contribution < 1.29 is 0 Å². The predicted octanol–water partition coefficient (Wildman–Crippen LogP) is 2.42. The lowest BCUT2D eigenvalue weighted by Crippen LogP contribution is -2.26. The minimum absolute atomic E-state index is 0.866. The molecule has 2 nitrogen and oxygen atoms in total. The van der Waals surface area contributed by atoms with Gasteiger partial charge < -0.3 is 5.32 Å². The van der Waals surface area contributed by atoms with Crippen molar-refractivity contribution in [3.05, 3.63) is 12.7 Å². The zero-order chi connectivity index (χ0) is 10.9. The lowest BCUT2D eigenvalue weighted by Gasteiger charge is -2.19. The van der Waals surface area contributed by atoms with Gasteiger partial charge in [-0.1, -0.05) is 13.0 Å². The molecule has 1 aliphatic rings. The first-order valence-electron chi connectivity index (χ1n) is 6.43. The molecule has 2 heteroatoms. The number of unbranched alkanes of at least 4 members (excludes halogenated alkanes) is 1. The van der Waals surface area contributed by atoms with Crippen molar-refractivity contribution in [2.45, 2.75) is 45.1 Å². The minimum Gasteiger partial charge on any atom is -0.314 e. The summed E-state index contributed by atoms with van der Waals surface area (Å²) in [6.45, 7) is 10.7. The summed E-state index contributed by atoms with van der Waals surface area (Å²) in [5, 5.41) is 3.56. The van der Waals surface area contributed by atoms with E-state index in [0.29, 0.717) is 0 Å². The maximum absolute atomic E-state index is 3.80. The van der Waals surface area contributed by atoms with Crippen LogP contribution in [0.25, 0.3) is 0 Å². The molecule has 1 saturated carbocycles. The van der Waals surface area contributed by atoms with Crippen molar-refractivity contribution in [2.75, 3.05) is 26.2 Å². The second kappa shape index (κ2) is 7.89. The van der Waals surface area contributed by atoms with Crippen LogP contribution in [0.2, 0.25) is 0 Å². The summed E-state index contributed by atoms with van der Waals surface area (Å²) in [5.74, 6) is 0. The van der Waals surface area contributed by atoms with E-state index in [1.165, 1.54) is 51.7 Å². The van der Waals surface area contributed by atoms with Crippen molar-refractivity contribution in [3.8, 4) is 0 Å². The van der Waals surface area contributed by atoms with Gasteiger partial charge in [-0.2, -0.15) is 0 Å². The Hall–Kier alpha value is -0.340.